The van der Waals surface area contributed by atoms with Crippen LogP contribution < -0.4 is 0 Å². The molecule has 0 saturated carbocycles. The molecule has 0 fully saturated rings. The minimum atomic E-state index is -0.600. The number of rotatable bonds is 2. The molecule has 0 aliphatic rings. The Morgan fingerprint density at radius 3 is 2.59 bits per heavy atom. The second-order valence-electron chi connectivity index (χ2n) is 4.75. The van der Waals surface area contributed by atoms with E-state index in [1.165, 1.54) is 12.1 Å². The molecule has 0 bridgehead atoms. The molecule has 17 heavy (non-hydrogen) atoms. The highest BCUT2D eigenvalue weighted by atomic mass is 19.1. The Balaban J connectivity index is 2.69. The zero-order chi connectivity index (χ0) is 13.1. The molecule has 0 radical (unpaired) electrons. The lowest BCUT2D eigenvalue weighted by atomic mass is 9.97. The summed E-state index contributed by atoms with van der Waals surface area (Å²) in [6.45, 7) is 5.25. The molecule has 1 aromatic rings. The molecule has 0 aliphatic heterocycles. The third-order valence-corrected chi connectivity index (χ3v) is 2.14. The highest BCUT2D eigenvalue weighted by Gasteiger charge is 2.22. The van der Waals surface area contributed by atoms with E-state index in [1.54, 1.807) is 32.9 Å². The van der Waals surface area contributed by atoms with Gasteiger partial charge in [0.15, 0.2) is 0 Å². The van der Waals surface area contributed by atoms with Gasteiger partial charge in [-0.1, -0.05) is 6.07 Å². The lowest BCUT2D eigenvalue weighted by molar-refractivity contribution is -0.154. The molecule has 0 unspecified atom stereocenters. The molecule has 0 aromatic heterocycles. The maximum atomic E-state index is 13.2. The summed E-state index contributed by atoms with van der Waals surface area (Å²) >= 11 is 0. The van der Waals surface area contributed by atoms with Crippen molar-refractivity contribution in [2.45, 2.75) is 27.4 Å². The van der Waals surface area contributed by atoms with Crippen LogP contribution in [-0.4, -0.2) is 5.97 Å². The second kappa shape index (κ2) is 4.96. The fourth-order valence-corrected chi connectivity index (χ4v) is 1.10. The van der Waals surface area contributed by atoms with Crippen LogP contribution >= 0.6 is 0 Å². The van der Waals surface area contributed by atoms with Crippen LogP contribution in [0.3, 0.4) is 0 Å². The summed E-state index contributed by atoms with van der Waals surface area (Å²) in [5, 5.41) is 8.56. The first-order valence-corrected chi connectivity index (χ1v) is 5.20. The minimum Gasteiger partial charge on any atom is -0.460 e. The molecule has 0 aliphatic carbocycles. The van der Waals surface area contributed by atoms with Crippen LogP contribution in [0.5, 0.6) is 0 Å². The average molecular weight is 235 g/mol. The first-order chi connectivity index (χ1) is 7.84. The Hall–Kier alpha value is -1.89. The van der Waals surface area contributed by atoms with Gasteiger partial charge < -0.3 is 4.74 Å². The standard InChI is InChI=1S/C13H14FNO2/c1-13(2,3)12(16)17-8-9-4-5-10(7-15)11(14)6-9/h4-6H,8H2,1-3H3. The summed E-state index contributed by atoms with van der Waals surface area (Å²) in [6.07, 6.45) is 0. The molecule has 0 amide bonds. The number of carbonyl (C=O) groups excluding carboxylic acids is 1. The Morgan fingerprint density at radius 1 is 1.47 bits per heavy atom. The van der Waals surface area contributed by atoms with Gasteiger partial charge in [-0.2, -0.15) is 5.26 Å². The number of nitriles is 1. The summed E-state index contributed by atoms with van der Waals surface area (Å²) in [5.74, 6) is -0.945. The highest BCUT2D eigenvalue weighted by molar-refractivity contribution is 5.75. The van der Waals surface area contributed by atoms with E-state index < -0.39 is 11.2 Å². The quantitative estimate of drug-likeness (QED) is 0.740. The first kappa shape index (κ1) is 13.2. The van der Waals surface area contributed by atoms with Crippen molar-refractivity contribution in [3.8, 4) is 6.07 Å². The van der Waals surface area contributed by atoms with Crippen molar-refractivity contribution in [1.82, 2.24) is 0 Å². The van der Waals surface area contributed by atoms with E-state index >= 15 is 0 Å². The van der Waals surface area contributed by atoms with Gasteiger partial charge >= 0.3 is 5.97 Å². The largest absolute Gasteiger partial charge is 0.460 e. The molecule has 0 atom stereocenters. The number of hydrogen-bond donors (Lipinski definition) is 0. The minimum absolute atomic E-state index is 0.0126. The van der Waals surface area contributed by atoms with Crippen molar-refractivity contribution >= 4 is 5.97 Å². The van der Waals surface area contributed by atoms with Crippen molar-refractivity contribution in [2.24, 2.45) is 5.41 Å². The average Bonchev–Trinajstić information content (AvgIpc) is 2.24. The van der Waals surface area contributed by atoms with Gasteiger partial charge in [0.2, 0.25) is 0 Å². The fourth-order valence-electron chi connectivity index (χ4n) is 1.10. The summed E-state index contributed by atoms with van der Waals surface area (Å²) in [6, 6.07) is 5.87. The van der Waals surface area contributed by atoms with E-state index in [9.17, 15) is 9.18 Å². The van der Waals surface area contributed by atoms with Crippen LogP contribution in [0.15, 0.2) is 18.2 Å². The van der Waals surface area contributed by atoms with Gasteiger partial charge in [0.05, 0.1) is 11.0 Å². The molecule has 1 aromatic carbocycles. The Morgan fingerprint density at radius 2 is 2.12 bits per heavy atom. The van der Waals surface area contributed by atoms with Crippen molar-refractivity contribution in [2.75, 3.05) is 0 Å². The topological polar surface area (TPSA) is 50.1 Å². The van der Waals surface area contributed by atoms with Crippen LogP contribution in [0.25, 0.3) is 0 Å². The van der Waals surface area contributed by atoms with Gasteiger partial charge in [-0.05, 0) is 38.5 Å². The van der Waals surface area contributed by atoms with Gasteiger partial charge in [0, 0.05) is 0 Å². The highest BCUT2D eigenvalue weighted by Crippen LogP contribution is 2.17. The van der Waals surface area contributed by atoms with Crippen LogP contribution in [0, 0.1) is 22.6 Å². The predicted molar refractivity (Wildman–Crippen MR) is 60.4 cm³/mol. The first-order valence-electron chi connectivity index (χ1n) is 5.20. The smallest absolute Gasteiger partial charge is 0.311 e. The van der Waals surface area contributed by atoms with E-state index in [0.717, 1.165) is 0 Å². The summed E-state index contributed by atoms with van der Waals surface area (Å²) in [5.41, 5.74) is -0.0690. The Bertz CT molecular complexity index is 469. The summed E-state index contributed by atoms with van der Waals surface area (Å²) < 4.78 is 18.3. The molecular weight excluding hydrogens is 221 g/mol. The molecule has 0 saturated heterocycles. The molecular formula is C13H14FNO2. The van der Waals surface area contributed by atoms with E-state index in [4.69, 9.17) is 10.00 Å². The zero-order valence-electron chi connectivity index (χ0n) is 10.1. The molecule has 90 valence electrons. The Kier molecular flexibility index (Phi) is 3.84. The maximum absolute atomic E-state index is 13.2. The maximum Gasteiger partial charge on any atom is 0.311 e. The Labute approximate surface area is 99.8 Å². The molecule has 3 nitrogen and oxygen atoms in total. The predicted octanol–water partition coefficient (Wildman–Crippen LogP) is 2.79. The van der Waals surface area contributed by atoms with Crippen LogP contribution in [-0.2, 0) is 16.1 Å². The lowest BCUT2D eigenvalue weighted by Crippen LogP contribution is -2.22. The van der Waals surface area contributed by atoms with Crippen LogP contribution in [0.1, 0.15) is 31.9 Å². The van der Waals surface area contributed by atoms with Gasteiger partial charge in [-0.25, -0.2) is 4.39 Å². The van der Waals surface area contributed by atoms with Gasteiger partial charge in [-0.3, -0.25) is 4.79 Å². The number of benzene rings is 1. The number of ether oxygens (including phenoxy) is 1. The number of carbonyl (C=O) groups is 1. The van der Waals surface area contributed by atoms with Crippen molar-refractivity contribution < 1.29 is 13.9 Å². The van der Waals surface area contributed by atoms with E-state index in [0.29, 0.717) is 5.56 Å². The molecule has 4 heteroatoms. The third-order valence-electron chi connectivity index (χ3n) is 2.14. The third kappa shape index (κ3) is 3.56. The normalized spacial score (nSPS) is 10.8. The molecule has 0 spiro atoms. The van der Waals surface area contributed by atoms with Crippen LogP contribution in [0.4, 0.5) is 4.39 Å². The van der Waals surface area contributed by atoms with Gasteiger partial charge in [0.25, 0.3) is 0 Å². The van der Waals surface area contributed by atoms with E-state index in [-0.39, 0.29) is 18.1 Å². The summed E-state index contributed by atoms with van der Waals surface area (Å²) in [4.78, 5) is 11.5. The van der Waals surface area contributed by atoms with E-state index in [1.807, 2.05) is 0 Å². The van der Waals surface area contributed by atoms with Gasteiger partial charge in [0.1, 0.15) is 18.5 Å². The monoisotopic (exact) mass is 235 g/mol. The number of halogens is 1. The number of nitrogens with zero attached hydrogens (tertiary/aromatic N) is 1. The van der Waals surface area contributed by atoms with Crippen molar-refractivity contribution in [1.29, 1.82) is 5.26 Å². The van der Waals surface area contributed by atoms with Gasteiger partial charge in [-0.15, -0.1) is 0 Å². The zero-order valence-corrected chi connectivity index (χ0v) is 10.1. The second-order valence-corrected chi connectivity index (χ2v) is 4.75. The van der Waals surface area contributed by atoms with E-state index in [2.05, 4.69) is 0 Å². The molecule has 1 rings (SSSR count). The van der Waals surface area contributed by atoms with Crippen LogP contribution in [0.2, 0.25) is 0 Å². The summed E-state index contributed by atoms with van der Waals surface area (Å²) in [7, 11) is 0. The fraction of sp³-hybridized carbons (Fsp3) is 0.385. The molecule has 0 N–H and O–H groups in total. The van der Waals surface area contributed by atoms with Crippen molar-refractivity contribution in [3.05, 3.63) is 35.1 Å². The number of hydrogen-bond acceptors (Lipinski definition) is 3. The van der Waals surface area contributed by atoms with Crippen molar-refractivity contribution in [3.63, 3.8) is 0 Å². The lowest BCUT2D eigenvalue weighted by Gasteiger charge is -2.16. The SMILES string of the molecule is CC(C)(C)C(=O)OCc1ccc(C#N)c(F)c1. The number of esters is 1. The molecule has 0 heterocycles.